The van der Waals surface area contributed by atoms with Crippen LogP contribution in [0.5, 0.6) is 11.5 Å². The third-order valence-corrected chi connectivity index (χ3v) is 5.27. The molecule has 0 radical (unpaired) electrons. The van der Waals surface area contributed by atoms with Gasteiger partial charge in [-0.3, -0.25) is 0 Å². The molecule has 0 N–H and O–H groups in total. The van der Waals surface area contributed by atoms with Crippen LogP contribution in [0.4, 0.5) is 0 Å². The Morgan fingerprint density at radius 1 is 0.933 bits per heavy atom. The van der Waals surface area contributed by atoms with Gasteiger partial charge in [0.2, 0.25) is 0 Å². The van der Waals surface area contributed by atoms with Gasteiger partial charge in [0.15, 0.2) is 0 Å². The number of allylic oxidation sites excluding steroid dienone is 2. The number of benzene rings is 2. The summed E-state index contributed by atoms with van der Waals surface area (Å²) in [5.41, 5.74) is 3.77. The molecule has 0 heterocycles. The highest BCUT2D eigenvalue weighted by Gasteiger charge is 2.27. The van der Waals surface area contributed by atoms with E-state index in [9.17, 15) is 9.59 Å². The van der Waals surface area contributed by atoms with Crippen LogP contribution in [-0.2, 0) is 22.4 Å². The summed E-state index contributed by atoms with van der Waals surface area (Å²) in [6.07, 6.45) is 6.70. The molecular weight excluding hydrogens is 376 g/mol. The van der Waals surface area contributed by atoms with E-state index in [0.717, 1.165) is 41.2 Å². The van der Waals surface area contributed by atoms with Crippen molar-refractivity contribution in [3.05, 3.63) is 71.3 Å². The molecule has 1 aliphatic rings. The molecule has 156 valence electrons. The van der Waals surface area contributed by atoms with Crippen molar-refractivity contribution in [1.82, 2.24) is 0 Å². The van der Waals surface area contributed by atoms with E-state index in [1.807, 2.05) is 24.3 Å². The topological polar surface area (TPSA) is 52.6 Å². The summed E-state index contributed by atoms with van der Waals surface area (Å²) in [7, 11) is 0. The summed E-state index contributed by atoms with van der Waals surface area (Å²) in [5, 5.41) is 1.48. The second kappa shape index (κ2) is 9.12. The van der Waals surface area contributed by atoms with Crippen LogP contribution in [0.25, 0.3) is 10.8 Å². The molecule has 0 bridgehead atoms. The maximum atomic E-state index is 12.4. The van der Waals surface area contributed by atoms with E-state index in [0.29, 0.717) is 35.5 Å². The lowest BCUT2D eigenvalue weighted by Gasteiger charge is -2.25. The molecule has 1 aliphatic carbocycles. The van der Waals surface area contributed by atoms with Crippen molar-refractivity contribution in [2.75, 3.05) is 0 Å². The zero-order valence-electron chi connectivity index (χ0n) is 18.0. The van der Waals surface area contributed by atoms with Gasteiger partial charge in [0.25, 0.3) is 0 Å². The SMILES string of the molecule is C=C(C)C(=O)Oc1c2c(c(OC(=O)C(=C)C)c3ccccc13)CC(CCCC)=CC2. The number of unbranched alkanes of at least 4 members (excludes halogenated alkanes) is 1. The Labute approximate surface area is 177 Å². The fraction of sp³-hybridized carbons (Fsp3) is 0.308. The molecule has 0 unspecified atom stereocenters. The molecule has 0 spiro atoms. The summed E-state index contributed by atoms with van der Waals surface area (Å²) in [5.74, 6) is 0.133. The Morgan fingerprint density at radius 2 is 1.47 bits per heavy atom. The Bertz CT molecular complexity index is 1070. The zero-order chi connectivity index (χ0) is 21.8. The molecule has 2 aromatic carbocycles. The molecule has 0 fully saturated rings. The van der Waals surface area contributed by atoms with Gasteiger partial charge < -0.3 is 9.47 Å². The average molecular weight is 405 g/mol. The van der Waals surface area contributed by atoms with Gasteiger partial charge in [-0.25, -0.2) is 9.59 Å². The van der Waals surface area contributed by atoms with Gasteiger partial charge in [0, 0.05) is 33.0 Å². The molecule has 30 heavy (non-hydrogen) atoms. The lowest BCUT2D eigenvalue weighted by Crippen LogP contribution is -2.16. The van der Waals surface area contributed by atoms with Gasteiger partial charge >= 0.3 is 11.9 Å². The lowest BCUT2D eigenvalue weighted by atomic mass is 9.85. The molecule has 0 saturated carbocycles. The maximum absolute atomic E-state index is 12.4. The molecule has 0 amide bonds. The van der Waals surface area contributed by atoms with Crippen LogP contribution < -0.4 is 9.47 Å². The van der Waals surface area contributed by atoms with Crippen molar-refractivity contribution in [1.29, 1.82) is 0 Å². The number of carbonyl (C=O) groups excluding carboxylic acids is 2. The molecule has 3 rings (SSSR count). The number of hydrogen-bond donors (Lipinski definition) is 0. The number of ether oxygens (including phenoxy) is 2. The number of hydrogen-bond acceptors (Lipinski definition) is 4. The number of esters is 2. The fourth-order valence-electron chi connectivity index (χ4n) is 3.61. The van der Waals surface area contributed by atoms with E-state index in [-0.39, 0.29) is 0 Å². The lowest BCUT2D eigenvalue weighted by molar-refractivity contribution is -0.131. The van der Waals surface area contributed by atoms with Crippen LogP contribution in [-0.4, -0.2) is 11.9 Å². The van der Waals surface area contributed by atoms with Crippen molar-refractivity contribution < 1.29 is 19.1 Å². The van der Waals surface area contributed by atoms with Crippen LogP contribution in [0, 0.1) is 0 Å². The average Bonchev–Trinajstić information content (AvgIpc) is 2.73. The summed E-state index contributed by atoms with van der Waals surface area (Å²) in [4.78, 5) is 24.8. The normalized spacial score (nSPS) is 12.7. The molecule has 2 aromatic rings. The maximum Gasteiger partial charge on any atom is 0.338 e. The summed E-state index contributed by atoms with van der Waals surface area (Å²) in [6.45, 7) is 12.8. The Hall–Kier alpha value is -3.14. The van der Waals surface area contributed by atoms with Crippen molar-refractivity contribution in [2.24, 2.45) is 0 Å². The molecule has 0 saturated heterocycles. The first-order chi connectivity index (χ1) is 14.3. The first-order valence-electron chi connectivity index (χ1n) is 10.3. The van der Waals surface area contributed by atoms with E-state index in [2.05, 4.69) is 26.2 Å². The minimum Gasteiger partial charge on any atom is -0.422 e. The van der Waals surface area contributed by atoms with Gasteiger partial charge in [-0.15, -0.1) is 0 Å². The fourth-order valence-corrected chi connectivity index (χ4v) is 3.61. The summed E-state index contributed by atoms with van der Waals surface area (Å²) in [6, 6.07) is 7.53. The third-order valence-electron chi connectivity index (χ3n) is 5.27. The van der Waals surface area contributed by atoms with E-state index in [1.165, 1.54) is 5.57 Å². The van der Waals surface area contributed by atoms with Crippen LogP contribution in [0.1, 0.15) is 51.2 Å². The van der Waals surface area contributed by atoms with Crippen molar-refractivity contribution in [2.45, 2.75) is 52.9 Å². The molecule has 0 atom stereocenters. The van der Waals surface area contributed by atoms with E-state index in [1.54, 1.807) is 13.8 Å². The smallest absolute Gasteiger partial charge is 0.338 e. The second-order valence-electron chi connectivity index (χ2n) is 7.85. The van der Waals surface area contributed by atoms with Gasteiger partial charge in [0.1, 0.15) is 11.5 Å². The predicted octanol–water partition coefficient (Wildman–Crippen LogP) is 6.02. The highest BCUT2D eigenvalue weighted by Crippen LogP contribution is 2.45. The monoisotopic (exact) mass is 404 g/mol. The number of fused-ring (bicyclic) bond motifs is 2. The first kappa shape index (κ1) is 21.6. The van der Waals surface area contributed by atoms with Crippen LogP contribution in [0.2, 0.25) is 0 Å². The minimum atomic E-state index is -0.463. The predicted molar refractivity (Wildman–Crippen MR) is 120 cm³/mol. The second-order valence-corrected chi connectivity index (χ2v) is 7.85. The Balaban J connectivity index is 2.22. The highest BCUT2D eigenvalue weighted by molar-refractivity contribution is 6.01. The van der Waals surface area contributed by atoms with Crippen molar-refractivity contribution in [3.8, 4) is 11.5 Å². The largest absolute Gasteiger partial charge is 0.422 e. The molecule has 4 nitrogen and oxygen atoms in total. The summed E-state index contributed by atoms with van der Waals surface area (Å²) >= 11 is 0. The van der Waals surface area contributed by atoms with Gasteiger partial charge in [-0.2, -0.15) is 0 Å². The van der Waals surface area contributed by atoms with E-state index in [4.69, 9.17) is 9.47 Å². The van der Waals surface area contributed by atoms with Crippen LogP contribution in [0.3, 0.4) is 0 Å². The standard InChI is InChI=1S/C26H28O4/c1-6-7-10-18-13-14-21-22(15-18)24(30-26(28)17(4)5)20-12-9-8-11-19(20)23(21)29-25(27)16(2)3/h8-9,11-13H,2,4,6-7,10,14-15H2,1,3,5H3. The Kier molecular flexibility index (Phi) is 6.56. The van der Waals surface area contributed by atoms with Crippen molar-refractivity contribution >= 4 is 22.7 Å². The van der Waals surface area contributed by atoms with E-state index >= 15 is 0 Å². The van der Waals surface area contributed by atoms with E-state index < -0.39 is 11.9 Å². The molecule has 4 heteroatoms. The summed E-state index contributed by atoms with van der Waals surface area (Å²) < 4.78 is 11.6. The minimum absolute atomic E-state index is 0.334. The highest BCUT2D eigenvalue weighted by atomic mass is 16.5. The molecule has 0 aromatic heterocycles. The third kappa shape index (κ3) is 4.38. The van der Waals surface area contributed by atoms with Gasteiger partial charge in [0.05, 0.1) is 0 Å². The van der Waals surface area contributed by atoms with Crippen LogP contribution >= 0.6 is 0 Å². The van der Waals surface area contributed by atoms with Gasteiger partial charge in [-0.1, -0.05) is 62.4 Å². The zero-order valence-corrected chi connectivity index (χ0v) is 18.0. The van der Waals surface area contributed by atoms with Crippen LogP contribution in [0.15, 0.2) is 60.2 Å². The van der Waals surface area contributed by atoms with Crippen molar-refractivity contribution in [3.63, 3.8) is 0 Å². The number of carbonyl (C=O) groups is 2. The number of rotatable bonds is 7. The Morgan fingerprint density at radius 3 is 1.97 bits per heavy atom. The molecule has 0 aliphatic heterocycles. The molecular formula is C26H28O4. The quantitative estimate of drug-likeness (QED) is 0.245. The van der Waals surface area contributed by atoms with Gasteiger partial charge in [-0.05, 0) is 39.5 Å². The first-order valence-corrected chi connectivity index (χ1v) is 10.3.